The number of hydrogen-bond donors (Lipinski definition) is 1. The number of piperidine rings is 1. The van der Waals surface area contributed by atoms with Gasteiger partial charge in [-0.05, 0) is 45.8 Å². The van der Waals surface area contributed by atoms with Gasteiger partial charge in [0.2, 0.25) is 0 Å². The van der Waals surface area contributed by atoms with Gasteiger partial charge in [-0.15, -0.1) is 0 Å². The molecule has 0 saturated carbocycles. The van der Waals surface area contributed by atoms with Gasteiger partial charge in [-0.25, -0.2) is 0 Å². The molecule has 110 valence electrons. The van der Waals surface area contributed by atoms with E-state index in [1.165, 1.54) is 12.8 Å². The molecule has 1 aliphatic heterocycles. The van der Waals surface area contributed by atoms with Crippen molar-refractivity contribution in [3.8, 4) is 0 Å². The van der Waals surface area contributed by atoms with Crippen LogP contribution in [0.15, 0.2) is 18.2 Å². The Morgan fingerprint density at radius 2 is 2.25 bits per heavy atom. The zero-order chi connectivity index (χ0) is 14.7. The van der Waals surface area contributed by atoms with Gasteiger partial charge in [0.15, 0.2) is 0 Å². The van der Waals surface area contributed by atoms with Crippen LogP contribution in [0.2, 0.25) is 0 Å². The minimum Gasteiger partial charge on any atom is -0.306 e. The lowest BCUT2D eigenvalue weighted by atomic mass is 10.0. The summed E-state index contributed by atoms with van der Waals surface area (Å²) in [6, 6.07) is 6.10. The van der Waals surface area contributed by atoms with Crippen molar-refractivity contribution >= 4 is 5.69 Å². The van der Waals surface area contributed by atoms with E-state index in [2.05, 4.69) is 24.2 Å². The van der Waals surface area contributed by atoms with Gasteiger partial charge in [-0.2, -0.15) is 0 Å². The molecule has 1 aromatic rings. The highest BCUT2D eigenvalue weighted by Gasteiger charge is 2.20. The smallest absolute Gasteiger partial charge is 0.272 e. The first-order valence-electron chi connectivity index (χ1n) is 7.17. The van der Waals surface area contributed by atoms with E-state index in [4.69, 9.17) is 0 Å². The van der Waals surface area contributed by atoms with Crippen LogP contribution in [-0.4, -0.2) is 36.0 Å². The summed E-state index contributed by atoms with van der Waals surface area (Å²) in [5.74, 6) is 0. The van der Waals surface area contributed by atoms with Crippen LogP contribution in [0.25, 0.3) is 0 Å². The quantitative estimate of drug-likeness (QED) is 0.679. The molecule has 2 unspecified atom stereocenters. The Labute approximate surface area is 120 Å². The zero-order valence-corrected chi connectivity index (χ0v) is 12.4. The Balaban J connectivity index is 2.07. The van der Waals surface area contributed by atoms with Crippen LogP contribution in [0.5, 0.6) is 0 Å². The molecule has 0 aromatic heterocycles. The highest BCUT2D eigenvalue weighted by atomic mass is 16.6. The number of nitro groups is 1. The van der Waals surface area contributed by atoms with Crippen molar-refractivity contribution in [3.05, 3.63) is 39.4 Å². The largest absolute Gasteiger partial charge is 0.306 e. The van der Waals surface area contributed by atoms with Gasteiger partial charge in [0, 0.05) is 30.3 Å². The van der Waals surface area contributed by atoms with Crippen LogP contribution in [0.3, 0.4) is 0 Å². The first-order valence-corrected chi connectivity index (χ1v) is 7.17. The molecular weight excluding hydrogens is 254 g/mol. The van der Waals surface area contributed by atoms with Crippen LogP contribution in [0.4, 0.5) is 5.69 Å². The molecule has 1 aliphatic rings. The lowest BCUT2D eigenvalue weighted by Crippen LogP contribution is -2.44. The number of benzene rings is 1. The molecule has 1 heterocycles. The van der Waals surface area contributed by atoms with Crippen LogP contribution >= 0.6 is 0 Å². The van der Waals surface area contributed by atoms with E-state index in [0.29, 0.717) is 11.6 Å². The normalized spacial score (nSPS) is 21.6. The molecule has 0 bridgehead atoms. The van der Waals surface area contributed by atoms with E-state index in [0.717, 1.165) is 18.7 Å². The molecule has 1 N–H and O–H groups in total. The Morgan fingerprint density at radius 3 is 2.90 bits per heavy atom. The summed E-state index contributed by atoms with van der Waals surface area (Å²) in [5.41, 5.74) is 1.90. The molecule has 1 aromatic carbocycles. The fraction of sp³-hybridized carbons (Fsp3) is 0.600. The Kier molecular flexibility index (Phi) is 4.73. The van der Waals surface area contributed by atoms with Crippen LogP contribution < -0.4 is 5.32 Å². The molecule has 0 amide bonds. The molecule has 1 saturated heterocycles. The second-order valence-electron chi connectivity index (χ2n) is 5.79. The Morgan fingerprint density at radius 1 is 1.50 bits per heavy atom. The van der Waals surface area contributed by atoms with Crippen molar-refractivity contribution in [2.75, 3.05) is 20.1 Å². The summed E-state index contributed by atoms with van der Waals surface area (Å²) in [6.45, 7) is 6.04. The number of nitrogens with one attached hydrogen (secondary N) is 1. The number of nitro benzene ring substituents is 1. The molecule has 20 heavy (non-hydrogen) atoms. The van der Waals surface area contributed by atoms with Gasteiger partial charge in [0.25, 0.3) is 5.69 Å². The monoisotopic (exact) mass is 277 g/mol. The first kappa shape index (κ1) is 14.9. The van der Waals surface area contributed by atoms with E-state index in [1.807, 2.05) is 12.1 Å². The maximum absolute atomic E-state index is 11.0. The predicted molar refractivity (Wildman–Crippen MR) is 79.9 cm³/mol. The van der Waals surface area contributed by atoms with Crippen LogP contribution in [0.1, 0.15) is 36.9 Å². The van der Waals surface area contributed by atoms with E-state index in [9.17, 15) is 10.1 Å². The minimum atomic E-state index is -0.306. The number of rotatable bonds is 4. The van der Waals surface area contributed by atoms with Gasteiger partial charge in [0.1, 0.15) is 0 Å². The topological polar surface area (TPSA) is 58.4 Å². The van der Waals surface area contributed by atoms with E-state index in [1.54, 1.807) is 13.0 Å². The molecule has 2 atom stereocenters. The van der Waals surface area contributed by atoms with Crippen molar-refractivity contribution in [2.24, 2.45) is 0 Å². The lowest BCUT2D eigenvalue weighted by molar-refractivity contribution is -0.385. The average molecular weight is 277 g/mol. The van der Waals surface area contributed by atoms with Crippen molar-refractivity contribution in [1.82, 2.24) is 10.2 Å². The molecule has 0 radical (unpaired) electrons. The maximum Gasteiger partial charge on any atom is 0.272 e. The van der Waals surface area contributed by atoms with Crippen molar-refractivity contribution in [2.45, 2.75) is 38.8 Å². The number of likely N-dealkylation sites (N-methyl/N-ethyl adjacent to an activating group) is 1. The summed E-state index contributed by atoms with van der Waals surface area (Å²) in [5, 5.41) is 14.6. The number of aryl methyl sites for hydroxylation is 1. The van der Waals surface area contributed by atoms with Crippen molar-refractivity contribution in [1.29, 1.82) is 0 Å². The van der Waals surface area contributed by atoms with Gasteiger partial charge >= 0.3 is 0 Å². The average Bonchev–Trinajstić information content (AvgIpc) is 2.38. The van der Waals surface area contributed by atoms with E-state index >= 15 is 0 Å². The Bertz CT molecular complexity index is 490. The van der Waals surface area contributed by atoms with E-state index < -0.39 is 0 Å². The first-order chi connectivity index (χ1) is 9.47. The maximum atomic E-state index is 11.0. The second-order valence-corrected chi connectivity index (χ2v) is 5.79. The molecule has 0 aliphatic carbocycles. The highest BCUT2D eigenvalue weighted by Crippen LogP contribution is 2.24. The molecule has 5 heteroatoms. The summed E-state index contributed by atoms with van der Waals surface area (Å²) in [4.78, 5) is 13.0. The fourth-order valence-electron chi connectivity index (χ4n) is 2.84. The summed E-state index contributed by atoms with van der Waals surface area (Å²) >= 11 is 0. The Hall–Kier alpha value is -1.46. The van der Waals surface area contributed by atoms with Gasteiger partial charge in [-0.1, -0.05) is 12.1 Å². The summed E-state index contributed by atoms with van der Waals surface area (Å²) in [7, 11) is 2.13. The summed E-state index contributed by atoms with van der Waals surface area (Å²) < 4.78 is 0. The highest BCUT2D eigenvalue weighted by molar-refractivity contribution is 5.43. The molecular formula is C15H23N3O2. The third-order valence-electron chi connectivity index (χ3n) is 4.04. The third kappa shape index (κ3) is 3.55. The van der Waals surface area contributed by atoms with Crippen molar-refractivity contribution < 1.29 is 4.92 Å². The van der Waals surface area contributed by atoms with Gasteiger partial charge in [-0.3, -0.25) is 10.1 Å². The third-order valence-corrected chi connectivity index (χ3v) is 4.04. The standard InChI is InChI=1S/C15H23N3O2/c1-11-6-7-13(9-15(11)18(19)20)12(2)16-14-5-4-8-17(3)10-14/h6-7,9,12,14,16H,4-5,8,10H2,1-3H3. The molecule has 5 nitrogen and oxygen atoms in total. The van der Waals surface area contributed by atoms with Gasteiger partial charge < -0.3 is 10.2 Å². The number of likely N-dealkylation sites (tertiary alicyclic amines) is 1. The van der Waals surface area contributed by atoms with Crippen LogP contribution in [0, 0.1) is 17.0 Å². The van der Waals surface area contributed by atoms with E-state index in [-0.39, 0.29) is 16.7 Å². The van der Waals surface area contributed by atoms with Gasteiger partial charge in [0.05, 0.1) is 4.92 Å². The second kappa shape index (κ2) is 6.33. The van der Waals surface area contributed by atoms with Crippen molar-refractivity contribution in [3.63, 3.8) is 0 Å². The number of hydrogen-bond acceptors (Lipinski definition) is 4. The number of nitrogens with zero attached hydrogens (tertiary/aromatic N) is 2. The molecule has 1 fully saturated rings. The lowest BCUT2D eigenvalue weighted by Gasteiger charge is -2.32. The minimum absolute atomic E-state index is 0.130. The molecule has 2 rings (SSSR count). The zero-order valence-electron chi connectivity index (χ0n) is 12.4. The van der Waals surface area contributed by atoms with Crippen LogP contribution in [-0.2, 0) is 0 Å². The fourth-order valence-corrected chi connectivity index (χ4v) is 2.84. The predicted octanol–water partition coefficient (Wildman–Crippen LogP) is 2.65. The molecule has 0 spiro atoms. The summed E-state index contributed by atoms with van der Waals surface area (Å²) in [6.07, 6.45) is 2.37. The SMILES string of the molecule is Cc1ccc(C(C)NC2CCCN(C)C2)cc1[N+](=O)[O-].